The van der Waals surface area contributed by atoms with Gasteiger partial charge in [0.05, 0.1) is 10.6 Å². The Balaban J connectivity index is 1.67. The average Bonchev–Trinajstić information content (AvgIpc) is 3.10. The largest absolute Gasteiger partial charge is 0.352 e. The van der Waals surface area contributed by atoms with Gasteiger partial charge in [-0.05, 0) is 30.4 Å². The Morgan fingerprint density at radius 2 is 1.83 bits per heavy atom. The SMILES string of the molecule is O=C(CN1c2cccc3cccc(c23)S1(=O)=O)NC1CCCC1. The second-order valence-electron chi connectivity index (χ2n) is 6.19. The molecule has 1 saturated carbocycles. The van der Waals surface area contributed by atoms with E-state index in [0.717, 1.165) is 31.1 Å². The van der Waals surface area contributed by atoms with Crippen molar-refractivity contribution in [3.8, 4) is 0 Å². The summed E-state index contributed by atoms with van der Waals surface area (Å²) >= 11 is 0. The summed E-state index contributed by atoms with van der Waals surface area (Å²) in [5.41, 5.74) is 0.597. The molecule has 1 amide bonds. The summed E-state index contributed by atoms with van der Waals surface area (Å²) in [6.07, 6.45) is 4.21. The summed E-state index contributed by atoms with van der Waals surface area (Å²) in [5, 5.41) is 4.55. The van der Waals surface area contributed by atoms with Crippen molar-refractivity contribution >= 4 is 32.4 Å². The van der Waals surface area contributed by atoms with Crippen molar-refractivity contribution in [3.63, 3.8) is 0 Å². The maximum absolute atomic E-state index is 12.8. The van der Waals surface area contributed by atoms with E-state index in [1.807, 2.05) is 18.2 Å². The summed E-state index contributed by atoms with van der Waals surface area (Å²) in [6, 6.07) is 10.9. The Hall–Kier alpha value is -2.08. The lowest BCUT2D eigenvalue weighted by Gasteiger charge is -2.20. The van der Waals surface area contributed by atoms with Crippen LogP contribution in [0.3, 0.4) is 0 Å². The lowest BCUT2D eigenvalue weighted by molar-refractivity contribution is -0.120. The van der Waals surface area contributed by atoms with Gasteiger partial charge in [0, 0.05) is 11.4 Å². The number of nitrogens with zero attached hydrogens (tertiary/aromatic N) is 1. The van der Waals surface area contributed by atoms with E-state index in [1.54, 1.807) is 18.2 Å². The van der Waals surface area contributed by atoms with Crippen LogP contribution in [-0.2, 0) is 14.8 Å². The predicted molar refractivity (Wildman–Crippen MR) is 88.9 cm³/mol. The van der Waals surface area contributed by atoms with Gasteiger partial charge >= 0.3 is 0 Å². The first-order valence-electron chi connectivity index (χ1n) is 7.91. The molecule has 0 atom stereocenters. The summed E-state index contributed by atoms with van der Waals surface area (Å²) in [4.78, 5) is 12.6. The van der Waals surface area contributed by atoms with E-state index >= 15 is 0 Å². The average molecular weight is 330 g/mol. The normalized spacial score (nSPS) is 19.4. The van der Waals surface area contributed by atoms with Crippen LogP contribution < -0.4 is 9.62 Å². The van der Waals surface area contributed by atoms with Gasteiger partial charge in [-0.25, -0.2) is 8.42 Å². The number of sulfonamides is 1. The van der Waals surface area contributed by atoms with Crippen molar-refractivity contribution in [3.05, 3.63) is 36.4 Å². The lowest BCUT2D eigenvalue weighted by atomic mass is 10.1. The summed E-state index contributed by atoms with van der Waals surface area (Å²) in [6.45, 7) is -0.160. The molecule has 5 nitrogen and oxygen atoms in total. The molecular weight excluding hydrogens is 312 g/mol. The van der Waals surface area contributed by atoms with Crippen molar-refractivity contribution in [2.45, 2.75) is 36.6 Å². The minimum Gasteiger partial charge on any atom is -0.352 e. The number of hydrogen-bond donors (Lipinski definition) is 1. The highest BCUT2D eigenvalue weighted by atomic mass is 32.2. The van der Waals surface area contributed by atoms with E-state index in [0.29, 0.717) is 16.0 Å². The standard InChI is InChI=1S/C17H18N2O3S/c20-16(18-13-7-1-2-8-13)11-19-14-9-3-5-12-6-4-10-15(17(12)14)23(19,21)22/h3-6,9-10,13H,1-2,7-8,11H2,(H,18,20). The zero-order chi connectivity index (χ0) is 16.0. The number of anilines is 1. The Kier molecular flexibility index (Phi) is 3.30. The molecule has 0 bridgehead atoms. The number of rotatable bonds is 3. The molecule has 23 heavy (non-hydrogen) atoms. The van der Waals surface area contributed by atoms with Gasteiger partial charge in [0.25, 0.3) is 10.0 Å². The molecule has 1 fully saturated rings. The molecule has 2 aromatic rings. The van der Waals surface area contributed by atoms with E-state index in [4.69, 9.17) is 0 Å². The van der Waals surface area contributed by atoms with Gasteiger partial charge < -0.3 is 5.32 Å². The smallest absolute Gasteiger partial charge is 0.265 e. The third-order valence-corrected chi connectivity index (χ3v) is 6.49. The molecule has 2 aliphatic rings. The first kappa shape index (κ1) is 14.5. The van der Waals surface area contributed by atoms with Crippen LogP contribution >= 0.6 is 0 Å². The number of nitrogens with one attached hydrogen (secondary N) is 1. The number of amides is 1. The molecule has 120 valence electrons. The molecule has 2 aromatic carbocycles. The van der Waals surface area contributed by atoms with Gasteiger partial charge in [-0.2, -0.15) is 0 Å². The molecule has 1 aliphatic carbocycles. The molecule has 6 heteroatoms. The van der Waals surface area contributed by atoms with Crippen LogP contribution in [0.2, 0.25) is 0 Å². The van der Waals surface area contributed by atoms with Crippen LogP contribution in [0.25, 0.3) is 10.8 Å². The summed E-state index contributed by atoms with van der Waals surface area (Å²) in [5.74, 6) is -0.231. The third kappa shape index (κ3) is 2.28. The fourth-order valence-corrected chi connectivity index (χ4v) is 5.27. The van der Waals surface area contributed by atoms with Crippen LogP contribution in [-0.4, -0.2) is 26.9 Å². The van der Waals surface area contributed by atoms with E-state index in [1.165, 1.54) is 4.31 Å². The van der Waals surface area contributed by atoms with Gasteiger partial charge in [-0.15, -0.1) is 0 Å². The highest BCUT2D eigenvalue weighted by molar-refractivity contribution is 7.93. The first-order chi connectivity index (χ1) is 11.1. The predicted octanol–water partition coefficient (Wildman–Crippen LogP) is 2.41. The van der Waals surface area contributed by atoms with Crippen molar-refractivity contribution in [1.29, 1.82) is 0 Å². The maximum atomic E-state index is 12.8. The Morgan fingerprint density at radius 3 is 2.57 bits per heavy atom. The van der Waals surface area contributed by atoms with E-state index < -0.39 is 10.0 Å². The molecular formula is C17H18N2O3S. The van der Waals surface area contributed by atoms with Crippen LogP contribution in [0, 0.1) is 0 Å². The topological polar surface area (TPSA) is 66.5 Å². The highest BCUT2D eigenvalue weighted by Gasteiger charge is 2.36. The second-order valence-corrected chi connectivity index (χ2v) is 8.02. The molecule has 4 rings (SSSR count). The number of benzene rings is 2. The van der Waals surface area contributed by atoms with Crippen molar-refractivity contribution in [2.75, 3.05) is 10.8 Å². The summed E-state index contributed by atoms with van der Waals surface area (Å²) in [7, 11) is -3.65. The molecule has 0 unspecified atom stereocenters. The van der Waals surface area contributed by atoms with Gasteiger partial charge in [0.1, 0.15) is 6.54 Å². The van der Waals surface area contributed by atoms with E-state index in [-0.39, 0.29) is 18.5 Å². The fraction of sp³-hybridized carbons (Fsp3) is 0.353. The van der Waals surface area contributed by atoms with Crippen LogP contribution in [0.15, 0.2) is 41.3 Å². The lowest BCUT2D eigenvalue weighted by Crippen LogP contribution is -2.42. The third-order valence-electron chi connectivity index (χ3n) is 4.69. The molecule has 0 aromatic heterocycles. The van der Waals surface area contributed by atoms with Gasteiger partial charge in [0.2, 0.25) is 5.91 Å². The van der Waals surface area contributed by atoms with Crippen molar-refractivity contribution in [2.24, 2.45) is 0 Å². The molecule has 0 saturated heterocycles. The quantitative estimate of drug-likeness (QED) is 0.940. The van der Waals surface area contributed by atoms with Gasteiger partial charge in [0.15, 0.2) is 0 Å². The maximum Gasteiger partial charge on any atom is 0.265 e. The number of carbonyl (C=O) groups is 1. The minimum absolute atomic E-state index is 0.160. The molecule has 0 radical (unpaired) electrons. The Morgan fingerprint density at radius 1 is 1.13 bits per heavy atom. The van der Waals surface area contributed by atoms with Gasteiger partial charge in [-0.1, -0.05) is 37.1 Å². The van der Waals surface area contributed by atoms with Crippen molar-refractivity contribution in [1.82, 2.24) is 5.32 Å². The number of hydrogen-bond acceptors (Lipinski definition) is 3. The molecule has 1 N–H and O–H groups in total. The van der Waals surface area contributed by atoms with Crippen molar-refractivity contribution < 1.29 is 13.2 Å². The van der Waals surface area contributed by atoms with Crippen LogP contribution in [0.5, 0.6) is 0 Å². The molecule has 1 aliphatic heterocycles. The fourth-order valence-electron chi connectivity index (χ4n) is 3.60. The molecule has 1 heterocycles. The summed E-state index contributed by atoms with van der Waals surface area (Å²) < 4.78 is 26.8. The zero-order valence-electron chi connectivity index (χ0n) is 12.7. The molecule has 0 spiro atoms. The second kappa shape index (κ2) is 5.23. The van der Waals surface area contributed by atoms with E-state index in [9.17, 15) is 13.2 Å². The Bertz CT molecular complexity index is 881. The monoisotopic (exact) mass is 330 g/mol. The van der Waals surface area contributed by atoms with Crippen LogP contribution in [0.4, 0.5) is 5.69 Å². The van der Waals surface area contributed by atoms with Crippen LogP contribution in [0.1, 0.15) is 25.7 Å². The number of carbonyl (C=O) groups excluding carboxylic acids is 1. The minimum atomic E-state index is -3.65. The highest BCUT2D eigenvalue weighted by Crippen LogP contribution is 2.41. The van der Waals surface area contributed by atoms with E-state index in [2.05, 4.69) is 5.32 Å². The first-order valence-corrected chi connectivity index (χ1v) is 9.35. The van der Waals surface area contributed by atoms with Gasteiger partial charge in [-0.3, -0.25) is 9.10 Å². The zero-order valence-corrected chi connectivity index (χ0v) is 13.5. The Labute approximate surface area is 135 Å².